The molecule has 1 aromatic carbocycles. The van der Waals surface area contributed by atoms with Crippen molar-refractivity contribution in [1.29, 1.82) is 0 Å². The predicted molar refractivity (Wildman–Crippen MR) is 72.2 cm³/mol. The molecule has 114 valence electrons. The SMILES string of the molecule is CNC(c1ccc(OC(F)(F)F)cc1)c1c(Cl)cnn1C. The first-order valence-electron chi connectivity index (χ1n) is 6.02. The molecule has 0 fully saturated rings. The molecule has 1 aromatic heterocycles. The van der Waals surface area contributed by atoms with Gasteiger partial charge in [-0.2, -0.15) is 5.10 Å². The van der Waals surface area contributed by atoms with E-state index in [9.17, 15) is 13.2 Å². The Balaban J connectivity index is 2.28. The molecule has 2 rings (SSSR count). The zero-order chi connectivity index (χ0) is 15.6. The van der Waals surface area contributed by atoms with Crippen LogP contribution in [0.15, 0.2) is 30.5 Å². The van der Waals surface area contributed by atoms with Crippen LogP contribution in [0.4, 0.5) is 13.2 Å². The number of alkyl halides is 3. The number of benzene rings is 1. The molecule has 2 aromatic rings. The molecule has 1 heterocycles. The smallest absolute Gasteiger partial charge is 0.406 e. The molecule has 0 aliphatic heterocycles. The van der Waals surface area contributed by atoms with Crippen LogP contribution in [0.3, 0.4) is 0 Å². The van der Waals surface area contributed by atoms with E-state index in [4.69, 9.17) is 11.6 Å². The average Bonchev–Trinajstić information content (AvgIpc) is 2.72. The van der Waals surface area contributed by atoms with E-state index >= 15 is 0 Å². The summed E-state index contributed by atoms with van der Waals surface area (Å²) in [6, 6.07) is 5.33. The van der Waals surface area contributed by atoms with Gasteiger partial charge in [0.25, 0.3) is 0 Å². The zero-order valence-electron chi connectivity index (χ0n) is 11.3. The summed E-state index contributed by atoms with van der Waals surface area (Å²) in [7, 11) is 3.47. The minimum Gasteiger partial charge on any atom is -0.406 e. The van der Waals surface area contributed by atoms with Crippen molar-refractivity contribution in [2.45, 2.75) is 12.4 Å². The maximum absolute atomic E-state index is 12.1. The number of nitrogens with one attached hydrogen (secondary N) is 1. The maximum Gasteiger partial charge on any atom is 0.573 e. The van der Waals surface area contributed by atoms with E-state index in [1.165, 1.54) is 18.3 Å². The predicted octanol–water partition coefficient (Wildman–Crippen LogP) is 3.28. The van der Waals surface area contributed by atoms with E-state index in [-0.39, 0.29) is 11.8 Å². The Labute approximate surface area is 124 Å². The van der Waals surface area contributed by atoms with E-state index < -0.39 is 6.36 Å². The van der Waals surface area contributed by atoms with Crippen LogP contribution in [0, 0.1) is 0 Å². The summed E-state index contributed by atoms with van der Waals surface area (Å²) < 4.78 is 41.9. The van der Waals surface area contributed by atoms with Crippen molar-refractivity contribution in [2.75, 3.05) is 7.05 Å². The summed E-state index contributed by atoms with van der Waals surface area (Å²) in [5.74, 6) is -0.266. The van der Waals surface area contributed by atoms with E-state index in [1.54, 1.807) is 30.9 Å². The van der Waals surface area contributed by atoms with Gasteiger partial charge < -0.3 is 10.1 Å². The number of hydrogen-bond donors (Lipinski definition) is 1. The lowest BCUT2D eigenvalue weighted by Gasteiger charge is -2.18. The highest BCUT2D eigenvalue weighted by molar-refractivity contribution is 6.31. The number of rotatable bonds is 4. The molecular weight excluding hydrogens is 307 g/mol. The third kappa shape index (κ3) is 3.68. The molecule has 1 atom stereocenters. The highest BCUT2D eigenvalue weighted by Gasteiger charge is 2.31. The summed E-state index contributed by atoms with van der Waals surface area (Å²) >= 11 is 6.09. The molecule has 0 bridgehead atoms. The molecular formula is C13H13ClF3N3O. The summed E-state index contributed by atoms with van der Waals surface area (Å²) in [5.41, 5.74) is 1.47. The largest absolute Gasteiger partial charge is 0.573 e. The molecule has 0 aliphatic carbocycles. The fraction of sp³-hybridized carbons (Fsp3) is 0.308. The van der Waals surface area contributed by atoms with Crippen LogP contribution in [0.5, 0.6) is 5.75 Å². The van der Waals surface area contributed by atoms with Crippen molar-refractivity contribution in [3.8, 4) is 5.75 Å². The van der Waals surface area contributed by atoms with Crippen LogP contribution in [0.25, 0.3) is 0 Å². The zero-order valence-corrected chi connectivity index (χ0v) is 12.0. The van der Waals surface area contributed by atoms with Gasteiger partial charge in [0.1, 0.15) is 5.75 Å². The van der Waals surface area contributed by atoms with Crippen molar-refractivity contribution in [3.63, 3.8) is 0 Å². The first kappa shape index (κ1) is 15.7. The highest BCUT2D eigenvalue weighted by atomic mass is 35.5. The molecule has 4 nitrogen and oxygen atoms in total. The Morgan fingerprint density at radius 2 is 1.90 bits per heavy atom. The highest BCUT2D eigenvalue weighted by Crippen LogP contribution is 2.29. The molecule has 21 heavy (non-hydrogen) atoms. The van der Waals surface area contributed by atoms with Crippen LogP contribution in [-0.4, -0.2) is 23.2 Å². The fourth-order valence-electron chi connectivity index (χ4n) is 2.07. The second-order valence-electron chi connectivity index (χ2n) is 4.34. The lowest BCUT2D eigenvalue weighted by Crippen LogP contribution is -2.21. The van der Waals surface area contributed by atoms with Crippen molar-refractivity contribution in [3.05, 3.63) is 46.7 Å². The van der Waals surface area contributed by atoms with Crippen LogP contribution in [-0.2, 0) is 7.05 Å². The molecule has 0 saturated carbocycles. The number of ether oxygens (including phenoxy) is 1. The van der Waals surface area contributed by atoms with Gasteiger partial charge in [-0.25, -0.2) is 0 Å². The quantitative estimate of drug-likeness (QED) is 0.940. The van der Waals surface area contributed by atoms with Gasteiger partial charge in [-0.1, -0.05) is 23.7 Å². The van der Waals surface area contributed by atoms with Gasteiger partial charge in [0.05, 0.1) is 23.0 Å². The molecule has 0 spiro atoms. The van der Waals surface area contributed by atoms with Crippen LogP contribution in [0.1, 0.15) is 17.3 Å². The van der Waals surface area contributed by atoms with E-state index in [0.717, 1.165) is 11.3 Å². The van der Waals surface area contributed by atoms with Crippen LogP contribution in [0.2, 0.25) is 5.02 Å². The number of hydrogen-bond acceptors (Lipinski definition) is 3. The van der Waals surface area contributed by atoms with Crippen molar-refractivity contribution < 1.29 is 17.9 Å². The minimum atomic E-state index is -4.70. The Hall–Kier alpha value is -1.73. The van der Waals surface area contributed by atoms with Gasteiger partial charge in [0, 0.05) is 7.05 Å². The third-order valence-corrected chi connectivity index (χ3v) is 3.24. The Kier molecular flexibility index (Phi) is 4.43. The lowest BCUT2D eigenvalue weighted by molar-refractivity contribution is -0.274. The van der Waals surface area contributed by atoms with Crippen LogP contribution >= 0.6 is 11.6 Å². The summed E-state index contributed by atoms with van der Waals surface area (Å²) in [6.07, 6.45) is -3.18. The second kappa shape index (κ2) is 5.95. The normalized spacial score (nSPS) is 13.2. The number of aromatic nitrogens is 2. The molecule has 8 heteroatoms. The van der Waals surface area contributed by atoms with Gasteiger partial charge >= 0.3 is 6.36 Å². The molecule has 1 N–H and O–H groups in total. The van der Waals surface area contributed by atoms with E-state index in [2.05, 4.69) is 15.2 Å². The molecule has 0 aliphatic rings. The monoisotopic (exact) mass is 319 g/mol. The van der Waals surface area contributed by atoms with Crippen molar-refractivity contribution in [1.82, 2.24) is 15.1 Å². The summed E-state index contributed by atoms with van der Waals surface area (Å²) in [4.78, 5) is 0. The summed E-state index contributed by atoms with van der Waals surface area (Å²) in [5, 5.41) is 7.59. The van der Waals surface area contributed by atoms with Gasteiger partial charge in [0.15, 0.2) is 0 Å². The van der Waals surface area contributed by atoms with Crippen molar-refractivity contribution >= 4 is 11.6 Å². The first-order valence-corrected chi connectivity index (χ1v) is 6.40. The Morgan fingerprint density at radius 1 is 1.29 bits per heavy atom. The van der Waals surface area contributed by atoms with Crippen LogP contribution < -0.4 is 10.1 Å². The van der Waals surface area contributed by atoms with Gasteiger partial charge in [-0.15, -0.1) is 13.2 Å². The van der Waals surface area contributed by atoms with Gasteiger partial charge in [0.2, 0.25) is 0 Å². The molecule has 0 radical (unpaired) electrons. The standard InChI is InChI=1S/C13H13ClF3N3O/c1-18-11(12-10(14)7-19-20(12)2)8-3-5-9(6-4-8)21-13(15,16)17/h3-7,11,18H,1-2H3. The topological polar surface area (TPSA) is 39.1 Å². The van der Waals surface area contributed by atoms with Gasteiger partial charge in [-0.3, -0.25) is 4.68 Å². The molecule has 0 amide bonds. The molecule has 1 unspecified atom stereocenters. The number of halogens is 4. The Bertz CT molecular complexity index is 591. The maximum atomic E-state index is 12.1. The number of aryl methyl sites for hydroxylation is 1. The fourth-order valence-corrected chi connectivity index (χ4v) is 2.34. The molecule has 0 saturated heterocycles. The van der Waals surface area contributed by atoms with Gasteiger partial charge in [-0.05, 0) is 24.7 Å². The second-order valence-corrected chi connectivity index (χ2v) is 4.75. The number of nitrogens with zero attached hydrogens (tertiary/aromatic N) is 2. The van der Waals surface area contributed by atoms with E-state index in [1.807, 2.05) is 0 Å². The Morgan fingerprint density at radius 3 is 2.33 bits per heavy atom. The lowest BCUT2D eigenvalue weighted by atomic mass is 10.0. The van der Waals surface area contributed by atoms with E-state index in [0.29, 0.717) is 5.02 Å². The minimum absolute atomic E-state index is 0.266. The summed E-state index contributed by atoms with van der Waals surface area (Å²) in [6.45, 7) is 0. The van der Waals surface area contributed by atoms with Crippen molar-refractivity contribution in [2.24, 2.45) is 7.05 Å². The average molecular weight is 320 g/mol. The third-order valence-electron chi connectivity index (χ3n) is 2.95. The first-order chi connectivity index (χ1) is 9.81.